The van der Waals surface area contributed by atoms with Crippen LogP contribution in [0, 0.1) is 52.6 Å². The Bertz CT molecular complexity index is 1610. The summed E-state index contributed by atoms with van der Waals surface area (Å²) >= 11 is 0. The minimum absolute atomic E-state index is 0.0541. The van der Waals surface area contributed by atoms with E-state index >= 15 is 0 Å². The molecule has 4 aromatic rings. The second kappa shape index (κ2) is 12.5. The number of benzene rings is 3. The number of alkyl halides is 2. The highest BCUT2D eigenvalue weighted by Crippen LogP contribution is 2.37. The molecule has 218 valence electrons. The predicted molar refractivity (Wildman–Crippen MR) is 133 cm³/mol. The first-order valence-corrected chi connectivity index (χ1v) is 12.2. The van der Waals surface area contributed by atoms with Gasteiger partial charge < -0.3 is 9.47 Å². The Morgan fingerprint density at radius 2 is 1.36 bits per heavy atom. The lowest BCUT2D eigenvalue weighted by atomic mass is 10.1. The number of unbranched alkanes of at least 4 members (excludes halogenated alkanes) is 1. The number of rotatable bonds is 8. The quantitative estimate of drug-likeness (QED) is 0.0887. The second-order valence-electron chi connectivity index (χ2n) is 8.78. The van der Waals surface area contributed by atoms with E-state index in [9.17, 15) is 39.5 Å². The largest absolute Gasteiger partial charge is 0.492 e. The summed E-state index contributed by atoms with van der Waals surface area (Å²) in [7, 11) is 0. The second-order valence-corrected chi connectivity index (χ2v) is 8.78. The van der Waals surface area contributed by atoms with E-state index in [-0.39, 0.29) is 23.4 Å². The summed E-state index contributed by atoms with van der Waals surface area (Å²) in [4.78, 5) is 4.02. The van der Waals surface area contributed by atoms with E-state index in [1.165, 1.54) is 18.3 Å². The Morgan fingerprint density at radius 3 is 1.90 bits per heavy atom. The van der Waals surface area contributed by atoms with Crippen molar-refractivity contribution in [3.8, 4) is 34.6 Å². The first kappa shape index (κ1) is 30.3. The average molecular weight is 595 g/mol. The first-order valence-electron chi connectivity index (χ1n) is 12.2. The third-order valence-electron chi connectivity index (χ3n) is 5.71. The van der Waals surface area contributed by atoms with Crippen LogP contribution in [-0.4, -0.2) is 11.6 Å². The fourth-order valence-electron chi connectivity index (χ4n) is 3.66. The summed E-state index contributed by atoms with van der Waals surface area (Å²) in [6.45, 7) is 2.41. The lowest BCUT2D eigenvalue weighted by molar-refractivity contribution is -0.189. The molecule has 0 spiro atoms. The van der Waals surface area contributed by atoms with E-state index < -0.39 is 69.3 Å². The van der Waals surface area contributed by atoms with Crippen molar-refractivity contribution in [2.75, 3.05) is 6.61 Å². The zero-order chi connectivity index (χ0) is 30.6. The molecule has 12 heteroatoms. The van der Waals surface area contributed by atoms with Crippen LogP contribution in [0.25, 0.3) is 11.3 Å². The molecule has 3 nitrogen and oxygen atoms in total. The highest BCUT2D eigenvalue weighted by molar-refractivity contribution is 5.60. The van der Waals surface area contributed by atoms with Gasteiger partial charge >= 0.3 is 6.11 Å². The van der Waals surface area contributed by atoms with Gasteiger partial charge in [0.15, 0.2) is 17.5 Å². The topological polar surface area (TPSA) is 31.4 Å². The lowest BCUT2D eigenvalue weighted by Gasteiger charge is -2.20. The molecule has 0 amide bonds. The van der Waals surface area contributed by atoms with E-state index in [2.05, 4.69) is 9.72 Å². The van der Waals surface area contributed by atoms with Crippen molar-refractivity contribution in [2.24, 2.45) is 0 Å². The van der Waals surface area contributed by atoms with Crippen LogP contribution in [0.1, 0.15) is 36.5 Å². The molecule has 0 atom stereocenters. The van der Waals surface area contributed by atoms with E-state index in [4.69, 9.17) is 4.74 Å². The van der Waals surface area contributed by atoms with Gasteiger partial charge in [-0.15, -0.1) is 0 Å². The number of ether oxygens (including phenoxy) is 2. The van der Waals surface area contributed by atoms with Crippen molar-refractivity contribution in [3.63, 3.8) is 0 Å². The number of pyridine rings is 1. The number of hydrogen-bond donors (Lipinski definition) is 0. The monoisotopic (exact) mass is 595 g/mol. The average Bonchev–Trinajstić information content (AvgIpc) is 2.91. The molecule has 0 fully saturated rings. The first-order chi connectivity index (χ1) is 19.9. The van der Waals surface area contributed by atoms with Gasteiger partial charge in [-0.2, -0.15) is 8.78 Å². The summed E-state index contributed by atoms with van der Waals surface area (Å²) in [5, 5.41) is 0. The molecule has 4 rings (SSSR count). The maximum Gasteiger partial charge on any atom is 0.432 e. The molecular weight excluding hydrogens is 577 g/mol. The minimum Gasteiger partial charge on any atom is -0.492 e. The molecule has 1 aromatic heterocycles. The zero-order valence-corrected chi connectivity index (χ0v) is 21.5. The van der Waals surface area contributed by atoms with Gasteiger partial charge in [-0.05, 0) is 42.8 Å². The molecule has 0 aliphatic rings. The predicted octanol–water partition coefficient (Wildman–Crippen LogP) is 8.43. The van der Waals surface area contributed by atoms with Crippen molar-refractivity contribution in [2.45, 2.75) is 25.9 Å². The van der Waals surface area contributed by atoms with Crippen LogP contribution in [0.2, 0.25) is 0 Å². The molecule has 0 bridgehead atoms. The van der Waals surface area contributed by atoms with Crippen molar-refractivity contribution in [3.05, 3.63) is 112 Å². The van der Waals surface area contributed by atoms with Crippen LogP contribution < -0.4 is 9.47 Å². The van der Waals surface area contributed by atoms with Gasteiger partial charge in [-0.1, -0.05) is 25.2 Å². The van der Waals surface area contributed by atoms with Gasteiger partial charge in [0.25, 0.3) is 0 Å². The van der Waals surface area contributed by atoms with Gasteiger partial charge in [0.2, 0.25) is 0 Å². The molecule has 0 N–H and O–H groups in total. The van der Waals surface area contributed by atoms with Crippen LogP contribution in [0.15, 0.2) is 54.7 Å². The van der Waals surface area contributed by atoms with E-state index in [1.54, 1.807) is 0 Å². The Morgan fingerprint density at radius 1 is 0.738 bits per heavy atom. The molecule has 0 saturated carbocycles. The fourth-order valence-corrected chi connectivity index (χ4v) is 3.66. The van der Waals surface area contributed by atoms with E-state index in [0.717, 1.165) is 12.8 Å². The summed E-state index contributed by atoms with van der Waals surface area (Å²) in [6.07, 6.45) is -1.72. The highest BCUT2D eigenvalue weighted by atomic mass is 19.3. The molecule has 0 radical (unpaired) electrons. The number of hydrogen-bond acceptors (Lipinski definition) is 3. The van der Waals surface area contributed by atoms with Crippen LogP contribution in [0.3, 0.4) is 0 Å². The molecule has 42 heavy (non-hydrogen) atoms. The van der Waals surface area contributed by atoms with Crippen molar-refractivity contribution in [1.29, 1.82) is 0 Å². The molecule has 0 saturated heterocycles. The Balaban J connectivity index is 1.56. The Hall–Kier alpha value is -4.66. The minimum atomic E-state index is -4.73. The zero-order valence-electron chi connectivity index (χ0n) is 21.5. The van der Waals surface area contributed by atoms with Gasteiger partial charge in [0.05, 0.1) is 24.1 Å². The van der Waals surface area contributed by atoms with Gasteiger partial charge in [0.1, 0.15) is 40.3 Å². The van der Waals surface area contributed by atoms with Gasteiger partial charge in [0, 0.05) is 23.3 Å². The van der Waals surface area contributed by atoms with Crippen molar-refractivity contribution >= 4 is 0 Å². The SMILES string of the molecule is CCCCOc1ccc(-c2cc(F)c(C(F)(F)Oc3cc(F)c(C#Cc4cc(F)c(F)c(F)c4)c(F)c3)c(F)c2)nc1. The highest BCUT2D eigenvalue weighted by Gasteiger charge is 2.41. The van der Waals surface area contributed by atoms with Crippen LogP contribution in [0.4, 0.5) is 39.5 Å². The van der Waals surface area contributed by atoms with Crippen molar-refractivity contribution < 1.29 is 49.0 Å². The van der Waals surface area contributed by atoms with Crippen LogP contribution >= 0.6 is 0 Å². The lowest BCUT2D eigenvalue weighted by Crippen LogP contribution is -2.25. The smallest absolute Gasteiger partial charge is 0.432 e. The summed E-state index contributed by atoms with van der Waals surface area (Å²) in [5.41, 5.74) is -3.43. The fraction of sp³-hybridized carbons (Fsp3) is 0.167. The number of nitrogens with zero attached hydrogens (tertiary/aromatic N) is 1. The van der Waals surface area contributed by atoms with Crippen LogP contribution in [0.5, 0.6) is 11.5 Å². The molecule has 0 unspecified atom stereocenters. The standard InChI is InChI=1S/C30H18F9NO2/c1-2-3-8-41-18-5-7-27(40-15-18)17-11-23(33)28(24(34)12-17)30(38,39)42-19-13-21(31)20(22(32)14-19)6-4-16-9-25(35)29(37)26(36)10-16/h5,7,9-15H,2-3,8H2,1H3. The molecule has 0 aliphatic carbocycles. The number of aromatic nitrogens is 1. The normalized spacial score (nSPS) is 11.2. The molecule has 3 aromatic carbocycles. The third-order valence-corrected chi connectivity index (χ3v) is 5.71. The van der Waals surface area contributed by atoms with Gasteiger partial charge in [-0.3, -0.25) is 4.98 Å². The molecule has 0 aliphatic heterocycles. The summed E-state index contributed by atoms with van der Waals surface area (Å²) < 4.78 is 138. The maximum atomic E-state index is 14.8. The van der Waals surface area contributed by atoms with Gasteiger partial charge in [-0.25, -0.2) is 30.7 Å². The van der Waals surface area contributed by atoms with E-state index in [0.29, 0.717) is 36.6 Å². The molecular formula is C30H18F9NO2. The Labute approximate surface area is 233 Å². The van der Waals surface area contributed by atoms with Crippen LogP contribution in [-0.2, 0) is 6.11 Å². The summed E-state index contributed by atoms with van der Waals surface area (Å²) in [6, 6.07) is 5.54. The number of halogens is 9. The van der Waals surface area contributed by atoms with E-state index in [1.807, 2.05) is 18.8 Å². The molecule has 1 heterocycles. The third kappa shape index (κ3) is 6.79. The van der Waals surface area contributed by atoms with Crippen molar-refractivity contribution in [1.82, 2.24) is 4.98 Å². The maximum absolute atomic E-state index is 14.8. The Kier molecular flexibility index (Phi) is 8.99. The summed E-state index contributed by atoms with van der Waals surface area (Å²) in [5.74, 6) is -8.31.